The Morgan fingerprint density at radius 1 is 0.896 bits per heavy atom. The first-order chi connectivity index (χ1) is 23.1. The number of aromatic nitrogens is 1. The van der Waals surface area contributed by atoms with Crippen LogP contribution in [0.5, 0.6) is 11.5 Å². The summed E-state index contributed by atoms with van der Waals surface area (Å²) in [6.07, 6.45) is 1.40. The van der Waals surface area contributed by atoms with E-state index in [-0.39, 0.29) is 33.5 Å². The number of benzene rings is 4. The van der Waals surface area contributed by atoms with Crippen LogP contribution in [0.25, 0.3) is 0 Å². The number of rotatable bonds is 15. The van der Waals surface area contributed by atoms with Crippen molar-refractivity contribution in [2.45, 2.75) is 35.5 Å². The van der Waals surface area contributed by atoms with Crippen molar-refractivity contribution in [3.8, 4) is 11.5 Å². The zero-order chi connectivity index (χ0) is 34.1. The Morgan fingerprint density at radius 2 is 1.56 bits per heavy atom. The third kappa shape index (κ3) is 8.78. The molecule has 4 aromatic carbocycles. The second-order valence-electron chi connectivity index (χ2n) is 11.2. The number of nitrogens with two attached hydrogens (primary N) is 1. The first-order valence-electron chi connectivity index (χ1n) is 15.2. The molecule has 1 amide bonds. The van der Waals surface area contributed by atoms with E-state index >= 15 is 0 Å². The highest BCUT2D eigenvalue weighted by molar-refractivity contribution is 7.91. The number of aliphatic hydroxyl groups is 1. The smallest absolute Gasteiger partial charge is 0.252 e. The Morgan fingerprint density at radius 3 is 2.17 bits per heavy atom. The first kappa shape index (κ1) is 34.6. The molecule has 0 radical (unpaired) electrons. The molecule has 11 heteroatoms. The fourth-order valence-electron chi connectivity index (χ4n) is 5.21. The van der Waals surface area contributed by atoms with E-state index in [1.807, 2.05) is 60.7 Å². The topological polar surface area (TPSA) is 132 Å². The molecule has 1 atom stereocenters. The number of methoxy groups -OCH3 is 1. The zero-order valence-electron chi connectivity index (χ0n) is 26.3. The normalized spacial score (nSPS) is 12.1. The van der Waals surface area contributed by atoms with E-state index in [1.54, 1.807) is 30.5 Å². The lowest BCUT2D eigenvalue weighted by atomic mass is 10.1. The molecule has 5 rings (SSSR count). The molecule has 0 aliphatic rings. The summed E-state index contributed by atoms with van der Waals surface area (Å²) in [5.41, 5.74) is 9.08. The predicted octanol–water partition coefficient (Wildman–Crippen LogP) is 6.03. The number of nitrogens with zero attached hydrogens (tertiary/aromatic N) is 2. The molecular weight excluding hydrogens is 650 g/mol. The van der Waals surface area contributed by atoms with Gasteiger partial charge in [0.2, 0.25) is 9.84 Å². The van der Waals surface area contributed by atoms with E-state index in [0.29, 0.717) is 36.8 Å². The SMILES string of the molecule is COc1cc(S(=O)(=O)c2ccc(CCN(Cc3ccccc3)C[C@H](O)c3ccc(Cl)nc3)cc2)cc(C(N)=O)c1OCc1ccccc1. The maximum Gasteiger partial charge on any atom is 0.252 e. The fourth-order valence-corrected chi connectivity index (χ4v) is 6.63. The Bertz CT molecular complexity index is 1920. The first-order valence-corrected chi connectivity index (χ1v) is 17.1. The zero-order valence-corrected chi connectivity index (χ0v) is 27.9. The van der Waals surface area contributed by atoms with Crippen LogP contribution in [0.2, 0.25) is 5.15 Å². The number of sulfone groups is 1. The van der Waals surface area contributed by atoms with Gasteiger partial charge in [0.1, 0.15) is 11.8 Å². The van der Waals surface area contributed by atoms with Crippen LogP contribution >= 0.6 is 11.6 Å². The van der Waals surface area contributed by atoms with Gasteiger partial charge in [-0.05, 0) is 47.4 Å². The number of halogens is 1. The predicted molar refractivity (Wildman–Crippen MR) is 184 cm³/mol. The molecule has 0 bridgehead atoms. The van der Waals surface area contributed by atoms with Crippen LogP contribution in [0.4, 0.5) is 0 Å². The monoisotopic (exact) mass is 685 g/mol. The average Bonchev–Trinajstić information content (AvgIpc) is 3.10. The van der Waals surface area contributed by atoms with Gasteiger partial charge in [0.05, 0.1) is 28.6 Å². The van der Waals surface area contributed by atoms with Gasteiger partial charge in [0, 0.05) is 37.5 Å². The Balaban J connectivity index is 1.32. The van der Waals surface area contributed by atoms with E-state index in [4.69, 9.17) is 26.8 Å². The lowest BCUT2D eigenvalue weighted by Crippen LogP contribution is -2.30. The van der Waals surface area contributed by atoms with Crippen molar-refractivity contribution in [3.63, 3.8) is 0 Å². The number of hydrogen-bond donors (Lipinski definition) is 2. The van der Waals surface area contributed by atoms with E-state index in [2.05, 4.69) is 9.88 Å². The molecule has 0 unspecified atom stereocenters. The summed E-state index contributed by atoms with van der Waals surface area (Å²) in [6, 6.07) is 31.8. The lowest BCUT2D eigenvalue weighted by molar-refractivity contribution is 0.0994. The van der Waals surface area contributed by atoms with Gasteiger partial charge in [0.15, 0.2) is 11.5 Å². The highest BCUT2D eigenvalue weighted by Gasteiger charge is 2.25. The van der Waals surface area contributed by atoms with Crippen molar-refractivity contribution in [3.05, 3.63) is 148 Å². The summed E-state index contributed by atoms with van der Waals surface area (Å²) in [4.78, 5) is 18.6. The molecule has 0 saturated heterocycles. The molecule has 0 saturated carbocycles. The number of amides is 1. The largest absolute Gasteiger partial charge is 0.493 e. The van der Waals surface area contributed by atoms with Crippen LogP contribution in [0.1, 0.15) is 38.7 Å². The Hall–Kier alpha value is -4.74. The van der Waals surface area contributed by atoms with E-state index in [0.717, 1.165) is 16.7 Å². The number of hydrogen-bond acceptors (Lipinski definition) is 8. The molecule has 3 N–H and O–H groups in total. The molecular formula is C37H36ClN3O6S. The average molecular weight is 686 g/mol. The molecule has 248 valence electrons. The van der Waals surface area contributed by atoms with Crippen molar-refractivity contribution in [2.75, 3.05) is 20.2 Å². The molecule has 5 aromatic rings. The third-order valence-corrected chi connectivity index (χ3v) is 9.79. The second-order valence-corrected chi connectivity index (χ2v) is 13.5. The van der Waals surface area contributed by atoms with Gasteiger partial charge in [-0.1, -0.05) is 90.5 Å². The Kier molecular flexibility index (Phi) is 11.5. The molecule has 1 heterocycles. The molecule has 0 spiro atoms. The number of primary amides is 1. The van der Waals surface area contributed by atoms with Gasteiger partial charge in [-0.15, -0.1) is 0 Å². The standard InChI is InChI=1S/C37H36ClN3O6S/c1-46-34-21-31(20-32(37(39)43)36(34)47-25-28-10-6-3-7-11-28)48(44,45)30-15-12-26(13-16-30)18-19-41(23-27-8-4-2-5-9-27)24-33(42)29-14-17-35(38)40-22-29/h2-17,20-22,33,42H,18-19,23-25H2,1H3,(H2,39,43)/t33-/m0/s1. The van der Waals surface area contributed by atoms with Crippen LogP contribution in [0.15, 0.2) is 125 Å². The summed E-state index contributed by atoms with van der Waals surface area (Å²) in [5.74, 6) is -0.700. The molecule has 0 fully saturated rings. The van der Waals surface area contributed by atoms with Gasteiger partial charge >= 0.3 is 0 Å². The van der Waals surface area contributed by atoms with E-state index < -0.39 is 21.8 Å². The van der Waals surface area contributed by atoms with Crippen molar-refractivity contribution < 1.29 is 27.8 Å². The van der Waals surface area contributed by atoms with E-state index in [1.165, 1.54) is 31.4 Å². The summed E-state index contributed by atoms with van der Waals surface area (Å²) < 4.78 is 38.8. The van der Waals surface area contributed by atoms with Gasteiger partial charge in [0.25, 0.3) is 5.91 Å². The Labute approximate surface area is 285 Å². The third-order valence-electron chi connectivity index (χ3n) is 7.82. The molecule has 0 aliphatic carbocycles. The van der Waals surface area contributed by atoms with Gasteiger partial charge in [-0.3, -0.25) is 9.69 Å². The fraction of sp³-hybridized carbons (Fsp3) is 0.189. The summed E-state index contributed by atoms with van der Waals surface area (Å²) in [7, 11) is -2.68. The number of carbonyl (C=O) groups is 1. The van der Waals surface area contributed by atoms with Gasteiger partial charge < -0.3 is 20.3 Å². The van der Waals surface area contributed by atoms with Crippen molar-refractivity contribution >= 4 is 27.3 Å². The minimum Gasteiger partial charge on any atom is -0.493 e. The van der Waals surface area contributed by atoms with E-state index in [9.17, 15) is 18.3 Å². The van der Waals surface area contributed by atoms with Crippen LogP contribution in [0.3, 0.4) is 0 Å². The number of carbonyl (C=O) groups excluding carboxylic acids is 1. The molecule has 48 heavy (non-hydrogen) atoms. The minimum atomic E-state index is -4.05. The summed E-state index contributed by atoms with van der Waals surface area (Å²) in [6.45, 7) is 1.70. The quantitative estimate of drug-likeness (QED) is 0.128. The number of aliphatic hydroxyl groups excluding tert-OH is 1. The number of pyridine rings is 1. The van der Waals surface area contributed by atoms with Gasteiger partial charge in [-0.25, -0.2) is 13.4 Å². The van der Waals surface area contributed by atoms with Crippen LogP contribution in [-0.4, -0.2) is 49.5 Å². The van der Waals surface area contributed by atoms with Crippen molar-refractivity contribution in [1.29, 1.82) is 0 Å². The minimum absolute atomic E-state index is 0.0495. The van der Waals surface area contributed by atoms with Crippen molar-refractivity contribution in [2.24, 2.45) is 5.73 Å². The second kappa shape index (κ2) is 15.9. The lowest BCUT2D eigenvalue weighted by Gasteiger charge is -2.25. The highest BCUT2D eigenvalue weighted by Crippen LogP contribution is 2.36. The molecule has 1 aromatic heterocycles. The number of ether oxygens (including phenoxy) is 2. The highest BCUT2D eigenvalue weighted by atomic mass is 35.5. The van der Waals surface area contributed by atoms with Crippen molar-refractivity contribution in [1.82, 2.24) is 9.88 Å². The van der Waals surface area contributed by atoms with Gasteiger partial charge in [-0.2, -0.15) is 0 Å². The van der Waals surface area contributed by atoms with Crippen LogP contribution < -0.4 is 15.2 Å². The summed E-state index contributed by atoms with van der Waals surface area (Å²) >= 11 is 5.92. The van der Waals surface area contributed by atoms with Crippen LogP contribution in [-0.2, 0) is 29.4 Å². The maximum atomic E-state index is 13.7. The summed E-state index contributed by atoms with van der Waals surface area (Å²) in [5, 5.41) is 11.3. The molecule has 9 nitrogen and oxygen atoms in total. The maximum absolute atomic E-state index is 13.7. The van der Waals surface area contributed by atoms with Crippen LogP contribution in [0, 0.1) is 0 Å². The molecule has 0 aliphatic heterocycles.